The molecule has 0 amide bonds. The zero-order chi connectivity index (χ0) is 12.3. The van der Waals surface area contributed by atoms with Crippen LogP contribution < -0.4 is 10.5 Å². The number of nitrogens with two attached hydrogens (primary N) is 1. The van der Waals surface area contributed by atoms with E-state index in [9.17, 15) is 4.79 Å². The first kappa shape index (κ1) is 11.1. The minimum absolute atomic E-state index is 0.133. The highest BCUT2D eigenvalue weighted by Gasteiger charge is 2.14. The lowest BCUT2D eigenvalue weighted by Gasteiger charge is -2.03. The Morgan fingerprint density at radius 1 is 1.18 bits per heavy atom. The number of ether oxygens (including phenoxy) is 1. The summed E-state index contributed by atoms with van der Waals surface area (Å²) in [6.45, 7) is 0. The lowest BCUT2D eigenvalue weighted by atomic mass is 10.1. The number of anilines is 1. The standard InChI is InChI=1S/C12H11N3O2/c1-17-9-4-2-8(3-5-9)11(16)10-12(13)15-7-6-14-10/h2-7H,1H3,(H2,13,15). The van der Waals surface area contributed by atoms with Crippen molar-refractivity contribution in [3.8, 4) is 5.75 Å². The van der Waals surface area contributed by atoms with E-state index in [-0.39, 0.29) is 17.3 Å². The molecular weight excluding hydrogens is 218 g/mol. The van der Waals surface area contributed by atoms with E-state index in [2.05, 4.69) is 9.97 Å². The predicted octanol–water partition coefficient (Wildman–Crippen LogP) is 1.30. The Bertz CT molecular complexity index is 538. The summed E-state index contributed by atoms with van der Waals surface area (Å²) in [5.74, 6) is 0.570. The maximum Gasteiger partial charge on any atom is 0.215 e. The van der Waals surface area contributed by atoms with Crippen LogP contribution in [0.2, 0.25) is 0 Å². The number of benzene rings is 1. The lowest BCUT2D eigenvalue weighted by Crippen LogP contribution is -2.09. The Kier molecular flexibility index (Phi) is 3.00. The van der Waals surface area contributed by atoms with Crippen LogP contribution in [-0.4, -0.2) is 22.9 Å². The first-order valence-electron chi connectivity index (χ1n) is 4.97. The van der Waals surface area contributed by atoms with Gasteiger partial charge in [-0.05, 0) is 24.3 Å². The first-order chi connectivity index (χ1) is 8.22. The van der Waals surface area contributed by atoms with Gasteiger partial charge in [-0.2, -0.15) is 0 Å². The van der Waals surface area contributed by atoms with Crippen LogP contribution in [0.1, 0.15) is 16.1 Å². The van der Waals surface area contributed by atoms with Gasteiger partial charge in [0, 0.05) is 18.0 Å². The molecule has 1 heterocycles. The van der Waals surface area contributed by atoms with Gasteiger partial charge in [0.1, 0.15) is 5.75 Å². The van der Waals surface area contributed by atoms with Crippen LogP contribution in [0.3, 0.4) is 0 Å². The van der Waals surface area contributed by atoms with E-state index in [0.29, 0.717) is 11.3 Å². The molecule has 5 nitrogen and oxygen atoms in total. The van der Waals surface area contributed by atoms with Crippen molar-refractivity contribution in [1.82, 2.24) is 9.97 Å². The van der Waals surface area contributed by atoms with E-state index >= 15 is 0 Å². The summed E-state index contributed by atoms with van der Waals surface area (Å²) in [6, 6.07) is 6.74. The maximum absolute atomic E-state index is 12.0. The van der Waals surface area contributed by atoms with Crippen LogP contribution >= 0.6 is 0 Å². The normalized spacial score (nSPS) is 9.94. The fourth-order valence-electron chi connectivity index (χ4n) is 1.40. The van der Waals surface area contributed by atoms with E-state index in [1.807, 2.05) is 0 Å². The summed E-state index contributed by atoms with van der Waals surface area (Å²) in [4.78, 5) is 19.8. The highest BCUT2D eigenvalue weighted by molar-refractivity contribution is 6.10. The molecule has 0 saturated heterocycles. The molecule has 17 heavy (non-hydrogen) atoms. The van der Waals surface area contributed by atoms with E-state index in [4.69, 9.17) is 10.5 Å². The van der Waals surface area contributed by atoms with Gasteiger partial charge in [-0.1, -0.05) is 0 Å². The molecule has 86 valence electrons. The number of ketones is 1. The monoisotopic (exact) mass is 229 g/mol. The molecule has 2 rings (SSSR count). The average molecular weight is 229 g/mol. The third-order valence-corrected chi connectivity index (χ3v) is 2.29. The number of methoxy groups -OCH3 is 1. The van der Waals surface area contributed by atoms with Gasteiger partial charge in [0.25, 0.3) is 0 Å². The summed E-state index contributed by atoms with van der Waals surface area (Å²) in [5, 5.41) is 0. The van der Waals surface area contributed by atoms with Gasteiger partial charge in [0.15, 0.2) is 11.5 Å². The van der Waals surface area contributed by atoms with Crippen molar-refractivity contribution in [3.05, 3.63) is 47.9 Å². The van der Waals surface area contributed by atoms with Crippen LogP contribution in [0.25, 0.3) is 0 Å². The van der Waals surface area contributed by atoms with Crippen molar-refractivity contribution in [1.29, 1.82) is 0 Å². The number of rotatable bonds is 3. The van der Waals surface area contributed by atoms with Crippen LogP contribution in [0, 0.1) is 0 Å². The highest BCUT2D eigenvalue weighted by Crippen LogP contribution is 2.15. The van der Waals surface area contributed by atoms with Crippen LogP contribution in [-0.2, 0) is 0 Å². The smallest absolute Gasteiger partial charge is 0.215 e. The van der Waals surface area contributed by atoms with Gasteiger partial charge < -0.3 is 10.5 Å². The average Bonchev–Trinajstić information content (AvgIpc) is 2.39. The summed E-state index contributed by atoms with van der Waals surface area (Å²) < 4.78 is 5.01. The molecule has 0 radical (unpaired) electrons. The minimum Gasteiger partial charge on any atom is -0.497 e. The molecule has 5 heteroatoms. The van der Waals surface area contributed by atoms with E-state index < -0.39 is 0 Å². The molecule has 0 unspecified atom stereocenters. The van der Waals surface area contributed by atoms with Gasteiger partial charge in [0.2, 0.25) is 5.78 Å². The second kappa shape index (κ2) is 4.61. The van der Waals surface area contributed by atoms with Crippen LogP contribution in [0.4, 0.5) is 5.82 Å². The van der Waals surface area contributed by atoms with Gasteiger partial charge in [0.05, 0.1) is 7.11 Å². The number of carbonyl (C=O) groups excluding carboxylic acids is 1. The zero-order valence-electron chi connectivity index (χ0n) is 9.25. The number of hydrogen-bond acceptors (Lipinski definition) is 5. The molecular formula is C12H11N3O2. The van der Waals surface area contributed by atoms with Crippen molar-refractivity contribution >= 4 is 11.6 Å². The van der Waals surface area contributed by atoms with E-state index in [1.54, 1.807) is 31.4 Å². The third-order valence-electron chi connectivity index (χ3n) is 2.29. The van der Waals surface area contributed by atoms with E-state index in [1.165, 1.54) is 12.4 Å². The number of nitrogen functional groups attached to an aromatic ring is 1. The molecule has 0 aliphatic carbocycles. The molecule has 2 aromatic rings. The Balaban J connectivity index is 2.34. The molecule has 0 saturated carbocycles. The largest absolute Gasteiger partial charge is 0.497 e. The maximum atomic E-state index is 12.0. The fourth-order valence-corrected chi connectivity index (χ4v) is 1.40. The van der Waals surface area contributed by atoms with Gasteiger partial charge in [-0.15, -0.1) is 0 Å². The molecule has 2 N–H and O–H groups in total. The van der Waals surface area contributed by atoms with Crippen LogP contribution in [0.15, 0.2) is 36.7 Å². The molecule has 0 bridgehead atoms. The molecule has 0 aliphatic rings. The van der Waals surface area contributed by atoms with Gasteiger partial charge >= 0.3 is 0 Å². The number of hydrogen-bond donors (Lipinski definition) is 1. The fraction of sp³-hybridized carbons (Fsp3) is 0.0833. The number of carbonyl (C=O) groups is 1. The molecule has 1 aromatic carbocycles. The SMILES string of the molecule is COc1ccc(C(=O)c2nccnc2N)cc1. The molecule has 0 fully saturated rings. The van der Waals surface area contributed by atoms with Crippen molar-refractivity contribution in [2.45, 2.75) is 0 Å². The number of aromatic nitrogens is 2. The Hall–Kier alpha value is -2.43. The van der Waals surface area contributed by atoms with Gasteiger partial charge in [-0.3, -0.25) is 4.79 Å². The minimum atomic E-state index is -0.252. The Morgan fingerprint density at radius 2 is 1.82 bits per heavy atom. The van der Waals surface area contributed by atoms with Crippen molar-refractivity contribution < 1.29 is 9.53 Å². The zero-order valence-corrected chi connectivity index (χ0v) is 9.25. The second-order valence-electron chi connectivity index (χ2n) is 3.35. The summed E-state index contributed by atoms with van der Waals surface area (Å²) in [6.07, 6.45) is 2.88. The topological polar surface area (TPSA) is 78.1 Å². The first-order valence-corrected chi connectivity index (χ1v) is 4.97. The van der Waals surface area contributed by atoms with E-state index in [0.717, 1.165) is 0 Å². The van der Waals surface area contributed by atoms with Crippen LogP contribution in [0.5, 0.6) is 5.75 Å². The molecule has 1 aromatic heterocycles. The predicted molar refractivity (Wildman–Crippen MR) is 62.9 cm³/mol. The molecule has 0 aliphatic heterocycles. The molecule has 0 spiro atoms. The Labute approximate surface area is 98.3 Å². The second-order valence-corrected chi connectivity index (χ2v) is 3.35. The highest BCUT2D eigenvalue weighted by atomic mass is 16.5. The summed E-state index contributed by atoms with van der Waals surface area (Å²) >= 11 is 0. The van der Waals surface area contributed by atoms with Gasteiger partial charge in [-0.25, -0.2) is 9.97 Å². The Morgan fingerprint density at radius 3 is 2.41 bits per heavy atom. The third kappa shape index (κ3) is 2.23. The van der Waals surface area contributed by atoms with Crippen molar-refractivity contribution in [2.24, 2.45) is 0 Å². The van der Waals surface area contributed by atoms with Crippen molar-refractivity contribution in [3.63, 3.8) is 0 Å². The quantitative estimate of drug-likeness (QED) is 0.802. The number of nitrogens with zero attached hydrogens (tertiary/aromatic N) is 2. The molecule has 0 atom stereocenters. The summed E-state index contributed by atoms with van der Waals surface area (Å²) in [7, 11) is 1.57. The van der Waals surface area contributed by atoms with Crippen molar-refractivity contribution in [2.75, 3.05) is 12.8 Å². The summed E-state index contributed by atoms with van der Waals surface area (Å²) in [5.41, 5.74) is 6.26. The lowest BCUT2D eigenvalue weighted by molar-refractivity contribution is 0.103.